The van der Waals surface area contributed by atoms with Crippen LogP contribution in [0.4, 0.5) is 5.69 Å². The maximum atomic E-state index is 12.4. The molecule has 0 radical (unpaired) electrons. The summed E-state index contributed by atoms with van der Waals surface area (Å²) in [5.41, 5.74) is 1.84. The van der Waals surface area contributed by atoms with Crippen molar-refractivity contribution < 1.29 is 17.9 Å². The quantitative estimate of drug-likeness (QED) is 0.292. The zero-order valence-corrected chi connectivity index (χ0v) is 21.0. The first-order valence-electron chi connectivity index (χ1n) is 9.72. The summed E-state index contributed by atoms with van der Waals surface area (Å²) in [5, 5.41) is 3.31. The molecule has 1 N–H and O–H groups in total. The van der Waals surface area contributed by atoms with Gasteiger partial charge in [-0.1, -0.05) is 35.9 Å². The minimum atomic E-state index is -3.47. The van der Waals surface area contributed by atoms with E-state index < -0.39 is 10.0 Å². The predicted molar refractivity (Wildman–Crippen MR) is 136 cm³/mol. The third kappa shape index (κ3) is 6.85. The molecule has 0 heterocycles. The van der Waals surface area contributed by atoms with Crippen LogP contribution in [0.3, 0.4) is 0 Å². The Bertz CT molecular complexity index is 1170. The Morgan fingerprint density at radius 2 is 1.69 bits per heavy atom. The van der Waals surface area contributed by atoms with E-state index in [-0.39, 0.29) is 19.1 Å². The molecule has 0 bridgehead atoms. The Morgan fingerprint density at radius 1 is 1.03 bits per heavy atom. The molecule has 0 aliphatic carbocycles. The second-order valence-electron chi connectivity index (χ2n) is 6.98. The number of benzene rings is 3. The van der Waals surface area contributed by atoms with Crippen LogP contribution in [-0.4, -0.2) is 33.7 Å². The van der Waals surface area contributed by atoms with Gasteiger partial charge in [0.25, 0.3) is 5.91 Å². The monoisotopic (exact) mass is 584 g/mol. The molecule has 0 unspecified atom stereocenters. The number of amides is 1. The van der Waals surface area contributed by atoms with Gasteiger partial charge >= 0.3 is 0 Å². The smallest absolute Gasteiger partial charge is 0.251 e. The number of para-hydroxylation sites is 1. The number of anilines is 1. The molecule has 0 fully saturated rings. The van der Waals surface area contributed by atoms with Crippen molar-refractivity contribution in [2.45, 2.75) is 6.54 Å². The number of halogens is 2. The minimum Gasteiger partial charge on any atom is -0.490 e. The van der Waals surface area contributed by atoms with E-state index >= 15 is 0 Å². The molecular formula is C23H22ClIN2O4S. The average Bonchev–Trinajstić information content (AvgIpc) is 2.76. The number of carbonyl (C=O) groups is 1. The summed E-state index contributed by atoms with van der Waals surface area (Å²) < 4.78 is 32.5. The molecule has 9 heteroatoms. The molecule has 3 rings (SSSR count). The molecular weight excluding hydrogens is 563 g/mol. The number of sulfonamides is 1. The molecule has 0 saturated heterocycles. The van der Waals surface area contributed by atoms with Crippen LogP contribution in [0, 0.1) is 3.57 Å². The summed E-state index contributed by atoms with van der Waals surface area (Å²) in [7, 11) is -3.47. The molecule has 0 aliphatic rings. The summed E-state index contributed by atoms with van der Waals surface area (Å²) in [6, 6.07) is 21.3. The maximum absolute atomic E-state index is 12.4. The van der Waals surface area contributed by atoms with Crippen LogP contribution in [0.25, 0.3) is 0 Å². The van der Waals surface area contributed by atoms with Gasteiger partial charge in [0.2, 0.25) is 10.0 Å². The molecule has 168 valence electrons. The lowest BCUT2D eigenvalue weighted by molar-refractivity contribution is 0.0947. The van der Waals surface area contributed by atoms with Gasteiger partial charge in [-0.3, -0.25) is 9.10 Å². The van der Waals surface area contributed by atoms with Crippen molar-refractivity contribution in [2.24, 2.45) is 0 Å². The van der Waals surface area contributed by atoms with Gasteiger partial charge in [0.15, 0.2) is 0 Å². The Kier molecular flexibility index (Phi) is 8.38. The van der Waals surface area contributed by atoms with Crippen molar-refractivity contribution in [1.82, 2.24) is 5.32 Å². The van der Waals surface area contributed by atoms with E-state index in [9.17, 15) is 13.2 Å². The number of nitrogens with one attached hydrogen (secondary N) is 1. The molecule has 6 nitrogen and oxygen atoms in total. The zero-order chi connectivity index (χ0) is 23.1. The molecule has 32 heavy (non-hydrogen) atoms. The van der Waals surface area contributed by atoms with Crippen LogP contribution in [0.2, 0.25) is 5.02 Å². The van der Waals surface area contributed by atoms with Gasteiger partial charge in [-0.25, -0.2) is 8.42 Å². The largest absolute Gasteiger partial charge is 0.490 e. The highest BCUT2D eigenvalue weighted by molar-refractivity contribution is 14.1. The average molecular weight is 585 g/mol. The summed E-state index contributed by atoms with van der Waals surface area (Å²) in [6.45, 7) is 0.778. The van der Waals surface area contributed by atoms with Crippen molar-refractivity contribution in [1.29, 1.82) is 0 Å². The number of hydrogen-bond acceptors (Lipinski definition) is 4. The number of ether oxygens (including phenoxy) is 1. The molecule has 3 aromatic rings. The Labute approximate surface area is 206 Å². The third-order valence-corrected chi connectivity index (χ3v) is 6.71. The van der Waals surface area contributed by atoms with Gasteiger partial charge in [-0.15, -0.1) is 0 Å². The summed E-state index contributed by atoms with van der Waals surface area (Å²) in [4.78, 5) is 12.4. The minimum absolute atomic E-state index is 0.174. The first-order valence-corrected chi connectivity index (χ1v) is 13.0. The van der Waals surface area contributed by atoms with Gasteiger partial charge in [0.1, 0.15) is 12.4 Å². The first kappa shape index (κ1) is 24.3. The highest BCUT2D eigenvalue weighted by atomic mass is 127. The van der Waals surface area contributed by atoms with Gasteiger partial charge in [-0.05, 0) is 76.7 Å². The lowest BCUT2D eigenvalue weighted by atomic mass is 10.1. The number of hydrogen-bond donors (Lipinski definition) is 1. The fourth-order valence-corrected chi connectivity index (χ4v) is 4.36. The van der Waals surface area contributed by atoms with E-state index in [0.717, 1.165) is 9.13 Å². The second kappa shape index (κ2) is 11.0. The van der Waals surface area contributed by atoms with Crippen molar-refractivity contribution in [3.8, 4) is 5.75 Å². The first-order chi connectivity index (χ1) is 15.2. The van der Waals surface area contributed by atoms with Gasteiger partial charge < -0.3 is 10.1 Å². The van der Waals surface area contributed by atoms with Crippen molar-refractivity contribution in [3.05, 3.63) is 92.5 Å². The number of rotatable bonds is 9. The van der Waals surface area contributed by atoms with Gasteiger partial charge in [0, 0.05) is 9.13 Å². The topological polar surface area (TPSA) is 75.7 Å². The molecule has 0 saturated carbocycles. The van der Waals surface area contributed by atoms with E-state index in [1.54, 1.807) is 48.5 Å². The van der Waals surface area contributed by atoms with E-state index in [1.807, 2.05) is 24.3 Å². The number of nitrogens with zero attached hydrogens (tertiary/aromatic N) is 1. The van der Waals surface area contributed by atoms with Crippen LogP contribution in [0.1, 0.15) is 15.9 Å². The SMILES string of the molecule is CS(=O)(=O)N(Cc1ccc(C(=O)NCCOc2ccccc2Cl)cc1)c1ccc(I)cc1. The van der Waals surface area contributed by atoms with Crippen LogP contribution < -0.4 is 14.4 Å². The van der Waals surface area contributed by atoms with Crippen molar-refractivity contribution in [2.75, 3.05) is 23.7 Å². The molecule has 0 aliphatic heterocycles. The van der Waals surface area contributed by atoms with Crippen LogP contribution in [-0.2, 0) is 16.6 Å². The van der Waals surface area contributed by atoms with Crippen molar-refractivity contribution in [3.63, 3.8) is 0 Å². The van der Waals surface area contributed by atoms with E-state index in [0.29, 0.717) is 28.6 Å². The van der Waals surface area contributed by atoms with Crippen molar-refractivity contribution >= 4 is 55.8 Å². The highest BCUT2D eigenvalue weighted by Gasteiger charge is 2.18. The number of carbonyl (C=O) groups excluding carboxylic acids is 1. The zero-order valence-electron chi connectivity index (χ0n) is 17.3. The second-order valence-corrected chi connectivity index (χ2v) is 10.5. The Hall–Kier alpha value is -2.30. The molecule has 0 aromatic heterocycles. The summed E-state index contributed by atoms with van der Waals surface area (Å²) in [6.07, 6.45) is 1.18. The highest BCUT2D eigenvalue weighted by Crippen LogP contribution is 2.23. The van der Waals surface area contributed by atoms with Gasteiger partial charge in [0.05, 0.1) is 30.1 Å². The maximum Gasteiger partial charge on any atom is 0.251 e. The lowest BCUT2D eigenvalue weighted by Gasteiger charge is -2.22. The van der Waals surface area contributed by atoms with E-state index in [1.165, 1.54) is 10.6 Å². The molecule has 0 spiro atoms. The van der Waals surface area contributed by atoms with E-state index in [2.05, 4.69) is 27.9 Å². The lowest BCUT2D eigenvalue weighted by Crippen LogP contribution is -2.29. The Morgan fingerprint density at radius 3 is 2.31 bits per heavy atom. The Balaban J connectivity index is 1.58. The normalized spacial score (nSPS) is 11.1. The molecule has 3 aromatic carbocycles. The fourth-order valence-electron chi connectivity index (χ4n) is 2.92. The molecule has 0 atom stereocenters. The third-order valence-electron chi connectivity index (χ3n) is 4.54. The van der Waals surface area contributed by atoms with Crippen LogP contribution in [0.15, 0.2) is 72.8 Å². The van der Waals surface area contributed by atoms with E-state index in [4.69, 9.17) is 16.3 Å². The van der Waals surface area contributed by atoms with Gasteiger partial charge in [-0.2, -0.15) is 0 Å². The predicted octanol–water partition coefficient (Wildman–Crippen LogP) is 4.72. The summed E-state index contributed by atoms with van der Waals surface area (Å²) >= 11 is 8.20. The summed E-state index contributed by atoms with van der Waals surface area (Å²) in [5.74, 6) is 0.327. The van der Waals surface area contributed by atoms with Crippen LogP contribution >= 0.6 is 34.2 Å². The standard InChI is InChI=1S/C23H22ClIN2O4S/c1-32(29,30)27(20-12-10-19(25)11-13-20)16-17-6-8-18(9-7-17)23(28)26-14-15-31-22-5-3-2-4-21(22)24/h2-13H,14-16H2,1H3,(H,26,28). The molecule has 1 amide bonds. The van der Waals surface area contributed by atoms with Crippen LogP contribution in [0.5, 0.6) is 5.75 Å². The fraction of sp³-hybridized carbons (Fsp3) is 0.174.